The quantitative estimate of drug-likeness (QED) is 0.456. The molecule has 0 heterocycles. The Balaban J connectivity index is 1.49. The van der Waals surface area contributed by atoms with Gasteiger partial charge in [0.25, 0.3) is 0 Å². The SMILES string of the molecule is COc1ccccc1C1(C(=O)O)CC(C(=O)Oc2cccc(-c3ccc(F)cc3)c2)C1. The molecule has 0 aromatic heterocycles. The maximum Gasteiger partial charge on any atom is 0.314 e. The largest absolute Gasteiger partial charge is 0.496 e. The van der Waals surface area contributed by atoms with Gasteiger partial charge in [-0.3, -0.25) is 9.59 Å². The number of aliphatic carboxylic acids is 1. The summed E-state index contributed by atoms with van der Waals surface area (Å²) in [5, 5.41) is 9.89. The third-order valence-corrected chi connectivity index (χ3v) is 5.79. The predicted molar refractivity (Wildman–Crippen MR) is 113 cm³/mol. The van der Waals surface area contributed by atoms with E-state index in [2.05, 4.69) is 0 Å². The summed E-state index contributed by atoms with van der Waals surface area (Å²) in [4.78, 5) is 24.8. The number of benzene rings is 3. The van der Waals surface area contributed by atoms with Gasteiger partial charge < -0.3 is 14.6 Å². The van der Waals surface area contributed by atoms with Crippen LogP contribution >= 0.6 is 0 Å². The number of rotatable bonds is 6. The predicted octanol–water partition coefficient (Wildman–Crippen LogP) is 4.84. The number of para-hydroxylation sites is 1. The van der Waals surface area contributed by atoms with Crippen LogP contribution in [0, 0.1) is 11.7 Å². The summed E-state index contributed by atoms with van der Waals surface area (Å²) in [5.41, 5.74) is 0.968. The molecule has 158 valence electrons. The Labute approximate surface area is 179 Å². The second kappa shape index (κ2) is 8.22. The smallest absolute Gasteiger partial charge is 0.314 e. The van der Waals surface area contributed by atoms with Crippen LogP contribution in [0.25, 0.3) is 11.1 Å². The average molecular weight is 420 g/mol. The zero-order chi connectivity index (χ0) is 22.0. The molecule has 1 N–H and O–H groups in total. The van der Waals surface area contributed by atoms with Crippen molar-refractivity contribution in [2.45, 2.75) is 18.3 Å². The maximum absolute atomic E-state index is 13.2. The lowest BCUT2D eigenvalue weighted by Crippen LogP contribution is -2.51. The van der Waals surface area contributed by atoms with Crippen molar-refractivity contribution < 1.29 is 28.6 Å². The number of carbonyl (C=O) groups is 2. The first-order valence-electron chi connectivity index (χ1n) is 9.87. The summed E-state index contributed by atoms with van der Waals surface area (Å²) in [7, 11) is 1.49. The second-order valence-corrected chi connectivity index (χ2v) is 7.65. The summed E-state index contributed by atoms with van der Waals surface area (Å²) in [6.07, 6.45) is 0.276. The van der Waals surface area contributed by atoms with Gasteiger partial charge in [0.2, 0.25) is 0 Å². The minimum atomic E-state index is -1.17. The second-order valence-electron chi connectivity index (χ2n) is 7.65. The van der Waals surface area contributed by atoms with E-state index in [1.807, 2.05) is 6.07 Å². The van der Waals surface area contributed by atoms with E-state index in [1.165, 1.54) is 19.2 Å². The molecule has 0 spiro atoms. The van der Waals surface area contributed by atoms with Gasteiger partial charge in [0.15, 0.2) is 0 Å². The minimum Gasteiger partial charge on any atom is -0.496 e. The van der Waals surface area contributed by atoms with Crippen molar-refractivity contribution in [2.75, 3.05) is 7.11 Å². The first kappa shape index (κ1) is 20.6. The third kappa shape index (κ3) is 3.89. The highest BCUT2D eigenvalue weighted by atomic mass is 19.1. The van der Waals surface area contributed by atoms with Gasteiger partial charge in [0, 0.05) is 5.56 Å². The fraction of sp³-hybridized carbons (Fsp3) is 0.200. The Morgan fingerprint density at radius 3 is 2.35 bits per heavy atom. The van der Waals surface area contributed by atoms with Crippen LogP contribution in [0.1, 0.15) is 18.4 Å². The molecular formula is C25H21FO5. The molecule has 0 bridgehead atoms. The topological polar surface area (TPSA) is 72.8 Å². The van der Waals surface area contributed by atoms with Gasteiger partial charge in [0.05, 0.1) is 18.4 Å². The van der Waals surface area contributed by atoms with Crippen LogP contribution in [0.4, 0.5) is 4.39 Å². The van der Waals surface area contributed by atoms with Crippen molar-refractivity contribution in [2.24, 2.45) is 5.92 Å². The summed E-state index contributed by atoms with van der Waals surface area (Å²) >= 11 is 0. The monoisotopic (exact) mass is 420 g/mol. The van der Waals surface area contributed by atoms with Crippen molar-refractivity contribution in [1.82, 2.24) is 0 Å². The van der Waals surface area contributed by atoms with Crippen LogP contribution in [0.15, 0.2) is 72.8 Å². The zero-order valence-corrected chi connectivity index (χ0v) is 16.9. The average Bonchev–Trinajstić information content (AvgIpc) is 2.74. The number of ether oxygens (including phenoxy) is 2. The first-order chi connectivity index (χ1) is 14.9. The van der Waals surface area contributed by atoms with Crippen molar-refractivity contribution in [3.05, 3.63) is 84.2 Å². The fourth-order valence-corrected chi connectivity index (χ4v) is 4.08. The molecule has 0 aliphatic heterocycles. The lowest BCUT2D eigenvalue weighted by Gasteiger charge is -2.43. The Hall–Kier alpha value is -3.67. The van der Waals surface area contributed by atoms with Gasteiger partial charge in [-0.05, 0) is 54.3 Å². The summed E-state index contributed by atoms with van der Waals surface area (Å²) in [6, 6.07) is 20.0. The molecule has 1 aliphatic rings. The van der Waals surface area contributed by atoms with Gasteiger partial charge in [-0.2, -0.15) is 0 Å². The number of carbonyl (C=O) groups excluding carboxylic acids is 1. The van der Waals surface area contributed by atoms with Gasteiger partial charge in [-0.1, -0.05) is 42.5 Å². The van der Waals surface area contributed by atoms with Crippen molar-refractivity contribution >= 4 is 11.9 Å². The summed E-state index contributed by atoms with van der Waals surface area (Å²) in [6.45, 7) is 0. The van der Waals surface area contributed by atoms with Gasteiger partial charge in [0.1, 0.15) is 17.3 Å². The Morgan fingerprint density at radius 2 is 1.68 bits per heavy atom. The number of carboxylic acids is 1. The lowest BCUT2D eigenvalue weighted by atomic mass is 9.58. The van der Waals surface area contributed by atoms with E-state index in [0.29, 0.717) is 17.1 Å². The fourth-order valence-electron chi connectivity index (χ4n) is 4.08. The van der Waals surface area contributed by atoms with Crippen LogP contribution < -0.4 is 9.47 Å². The highest BCUT2D eigenvalue weighted by molar-refractivity contribution is 5.88. The molecule has 0 amide bonds. The van der Waals surface area contributed by atoms with Gasteiger partial charge in [-0.15, -0.1) is 0 Å². The van der Waals surface area contributed by atoms with E-state index in [0.717, 1.165) is 11.1 Å². The number of hydrogen-bond acceptors (Lipinski definition) is 4. The molecule has 3 aromatic rings. The summed E-state index contributed by atoms with van der Waals surface area (Å²) < 4.78 is 24.0. The van der Waals surface area contributed by atoms with Crippen LogP contribution in [0.2, 0.25) is 0 Å². The molecule has 6 heteroatoms. The van der Waals surface area contributed by atoms with Crippen LogP contribution in [-0.2, 0) is 15.0 Å². The lowest BCUT2D eigenvalue weighted by molar-refractivity contribution is -0.156. The molecule has 5 nitrogen and oxygen atoms in total. The third-order valence-electron chi connectivity index (χ3n) is 5.79. The van der Waals surface area contributed by atoms with Crippen molar-refractivity contribution in [3.63, 3.8) is 0 Å². The first-order valence-corrected chi connectivity index (χ1v) is 9.87. The van der Waals surface area contributed by atoms with E-state index >= 15 is 0 Å². The number of carboxylic acid groups (broad SMARTS) is 1. The molecule has 31 heavy (non-hydrogen) atoms. The molecule has 0 saturated heterocycles. The summed E-state index contributed by atoms with van der Waals surface area (Å²) in [5.74, 6) is -1.47. The molecule has 1 saturated carbocycles. The maximum atomic E-state index is 13.2. The molecule has 1 fully saturated rings. The van der Waals surface area contributed by atoms with E-state index in [1.54, 1.807) is 54.6 Å². The normalized spacial score (nSPS) is 19.9. The molecular weight excluding hydrogens is 399 g/mol. The molecule has 3 aromatic carbocycles. The van der Waals surface area contributed by atoms with Crippen LogP contribution in [0.3, 0.4) is 0 Å². The van der Waals surface area contributed by atoms with Crippen LogP contribution in [0.5, 0.6) is 11.5 Å². The molecule has 4 rings (SSSR count). The highest BCUT2D eigenvalue weighted by Gasteiger charge is 2.56. The minimum absolute atomic E-state index is 0.138. The highest BCUT2D eigenvalue weighted by Crippen LogP contribution is 2.51. The van der Waals surface area contributed by atoms with Crippen LogP contribution in [-0.4, -0.2) is 24.2 Å². The van der Waals surface area contributed by atoms with Crippen molar-refractivity contribution in [3.8, 4) is 22.6 Å². The Kier molecular flexibility index (Phi) is 5.46. The molecule has 0 atom stereocenters. The number of hydrogen-bond donors (Lipinski definition) is 1. The van der Waals surface area contributed by atoms with E-state index < -0.39 is 23.3 Å². The molecule has 0 radical (unpaired) electrons. The van der Waals surface area contributed by atoms with E-state index in [4.69, 9.17) is 9.47 Å². The van der Waals surface area contributed by atoms with E-state index in [-0.39, 0.29) is 18.7 Å². The van der Waals surface area contributed by atoms with Crippen molar-refractivity contribution in [1.29, 1.82) is 0 Å². The van der Waals surface area contributed by atoms with Gasteiger partial charge >= 0.3 is 11.9 Å². The van der Waals surface area contributed by atoms with Gasteiger partial charge in [-0.25, -0.2) is 4.39 Å². The number of halogens is 1. The number of methoxy groups -OCH3 is 1. The standard InChI is InChI=1S/C25H21FO5/c1-30-22-8-3-2-7-21(22)25(24(28)29)14-18(15-25)23(27)31-20-6-4-5-17(13-20)16-9-11-19(26)12-10-16/h2-13,18H,14-15H2,1H3,(H,28,29). The zero-order valence-electron chi connectivity index (χ0n) is 16.9. The van der Waals surface area contributed by atoms with E-state index in [9.17, 15) is 19.1 Å². The number of esters is 1. The Bertz CT molecular complexity index is 1120. The molecule has 0 unspecified atom stereocenters. The molecule has 1 aliphatic carbocycles. The Morgan fingerprint density at radius 1 is 0.968 bits per heavy atom.